The predicted octanol–water partition coefficient (Wildman–Crippen LogP) is 1.93. The van der Waals surface area contributed by atoms with E-state index in [1.54, 1.807) is 18.0 Å². The van der Waals surface area contributed by atoms with Crippen LogP contribution >= 0.6 is 0 Å². The second kappa shape index (κ2) is 6.43. The van der Waals surface area contributed by atoms with Gasteiger partial charge in [0.05, 0.1) is 11.8 Å². The highest BCUT2D eigenvalue weighted by Crippen LogP contribution is 2.40. The van der Waals surface area contributed by atoms with Crippen molar-refractivity contribution in [2.75, 3.05) is 13.7 Å². The first kappa shape index (κ1) is 15.1. The van der Waals surface area contributed by atoms with Crippen molar-refractivity contribution in [3.8, 4) is 5.75 Å². The van der Waals surface area contributed by atoms with Crippen molar-refractivity contribution < 1.29 is 19.4 Å². The highest BCUT2D eigenvalue weighted by molar-refractivity contribution is 5.89. The molecule has 2 unspecified atom stereocenters. The zero-order valence-corrected chi connectivity index (χ0v) is 12.0. The quantitative estimate of drug-likeness (QED) is 0.779. The Labute approximate surface area is 123 Å². The van der Waals surface area contributed by atoms with Crippen LogP contribution in [0.15, 0.2) is 36.9 Å². The van der Waals surface area contributed by atoms with Gasteiger partial charge in [0.25, 0.3) is 0 Å². The molecule has 1 aromatic rings. The predicted molar refractivity (Wildman–Crippen MR) is 77.8 cm³/mol. The van der Waals surface area contributed by atoms with Gasteiger partial charge in [0, 0.05) is 13.6 Å². The van der Waals surface area contributed by atoms with E-state index in [0.717, 1.165) is 11.3 Å². The number of benzene rings is 1. The van der Waals surface area contributed by atoms with E-state index < -0.39 is 11.9 Å². The highest BCUT2D eigenvalue weighted by atomic mass is 16.5. The van der Waals surface area contributed by atoms with Gasteiger partial charge in [-0.3, -0.25) is 9.59 Å². The molecule has 2 atom stereocenters. The minimum atomic E-state index is -0.884. The molecule has 0 aromatic heterocycles. The average Bonchev–Trinajstić information content (AvgIpc) is 3.26. The Morgan fingerprint density at radius 1 is 1.38 bits per heavy atom. The first-order valence-electron chi connectivity index (χ1n) is 6.83. The molecule has 5 nitrogen and oxygen atoms in total. The van der Waals surface area contributed by atoms with Gasteiger partial charge in [0.1, 0.15) is 12.4 Å². The van der Waals surface area contributed by atoms with Crippen LogP contribution in [-0.4, -0.2) is 35.5 Å². The number of hydrogen-bond acceptors (Lipinski definition) is 3. The van der Waals surface area contributed by atoms with Crippen LogP contribution in [0.25, 0.3) is 0 Å². The zero-order chi connectivity index (χ0) is 15.4. The van der Waals surface area contributed by atoms with E-state index in [2.05, 4.69) is 6.58 Å². The van der Waals surface area contributed by atoms with Crippen molar-refractivity contribution in [3.05, 3.63) is 42.5 Å². The van der Waals surface area contributed by atoms with E-state index in [0.29, 0.717) is 19.6 Å². The highest BCUT2D eigenvalue weighted by Gasteiger charge is 2.49. The van der Waals surface area contributed by atoms with Gasteiger partial charge in [0.15, 0.2) is 0 Å². The Balaban J connectivity index is 1.87. The summed E-state index contributed by atoms with van der Waals surface area (Å²) in [5, 5.41) is 8.85. The fourth-order valence-corrected chi connectivity index (χ4v) is 2.22. The van der Waals surface area contributed by atoms with Gasteiger partial charge < -0.3 is 14.7 Å². The first-order valence-corrected chi connectivity index (χ1v) is 6.83. The third-order valence-corrected chi connectivity index (χ3v) is 3.51. The maximum atomic E-state index is 12.1. The molecule has 1 saturated carbocycles. The maximum absolute atomic E-state index is 12.1. The van der Waals surface area contributed by atoms with Crippen molar-refractivity contribution in [3.63, 3.8) is 0 Å². The Hall–Kier alpha value is -2.30. The van der Waals surface area contributed by atoms with Crippen LogP contribution in [0.5, 0.6) is 5.75 Å². The van der Waals surface area contributed by atoms with Crippen LogP contribution in [0.2, 0.25) is 0 Å². The molecule has 5 heteroatoms. The summed E-state index contributed by atoms with van der Waals surface area (Å²) in [6.07, 6.45) is 2.13. The number of amides is 1. The minimum Gasteiger partial charge on any atom is -0.490 e. The van der Waals surface area contributed by atoms with E-state index in [1.807, 2.05) is 24.3 Å². The Bertz CT molecular complexity index is 538. The topological polar surface area (TPSA) is 66.8 Å². The summed E-state index contributed by atoms with van der Waals surface area (Å²) < 4.78 is 5.39. The maximum Gasteiger partial charge on any atom is 0.307 e. The molecule has 1 aliphatic carbocycles. The summed E-state index contributed by atoms with van der Waals surface area (Å²) in [5.74, 6) is -1.10. The largest absolute Gasteiger partial charge is 0.490 e. The van der Waals surface area contributed by atoms with Crippen LogP contribution in [-0.2, 0) is 16.1 Å². The van der Waals surface area contributed by atoms with E-state index in [4.69, 9.17) is 9.84 Å². The lowest BCUT2D eigenvalue weighted by molar-refractivity contribution is -0.141. The first-order chi connectivity index (χ1) is 10.0. The average molecular weight is 289 g/mol. The van der Waals surface area contributed by atoms with Crippen LogP contribution < -0.4 is 4.74 Å². The van der Waals surface area contributed by atoms with Crippen molar-refractivity contribution in [2.24, 2.45) is 11.8 Å². The summed E-state index contributed by atoms with van der Waals surface area (Å²) in [5.41, 5.74) is 0.976. The number of nitrogens with zero attached hydrogens (tertiary/aromatic N) is 1. The number of carboxylic acids is 1. The van der Waals surface area contributed by atoms with Gasteiger partial charge in [-0.1, -0.05) is 24.8 Å². The number of aliphatic carboxylic acids is 1. The fraction of sp³-hybridized carbons (Fsp3) is 0.375. The molecule has 0 heterocycles. The number of rotatable bonds is 7. The number of carboxylic acid groups (broad SMARTS) is 1. The van der Waals surface area contributed by atoms with Crippen molar-refractivity contribution in [1.82, 2.24) is 4.90 Å². The normalized spacial score (nSPS) is 19.7. The molecule has 1 N–H and O–H groups in total. The number of carbonyl (C=O) groups excluding carboxylic acids is 1. The van der Waals surface area contributed by atoms with E-state index in [9.17, 15) is 9.59 Å². The Morgan fingerprint density at radius 2 is 2.05 bits per heavy atom. The van der Waals surface area contributed by atoms with E-state index in [-0.39, 0.29) is 11.8 Å². The molecule has 0 spiro atoms. The van der Waals surface area contributed by atoms with Gasteiger partial charge in [-0.15, -0.1) is 0 Å². The zero-order valence-electron chi connectivity index (χ0n) is 12.0. The summed E-state index contributed by atoms with van der Waals surface area (Å²) in [4.78, 5) is 24.4. The molecule has 0 radical (unpaired) electrons. The van der Waals surface area contributed by atoms with Crippen LogP contribution in [0, 0.1) is 11.8 Å². The summed E-state index contributed by atoms with van der Waals surface area (Å²) in [6.45, 7) is 4.50. The molecule has 1 amide bonds. The smallest absolute Gasteiger partial charge is 0.307 e. The van der Waals surface area contributed by atoms with E-state index in [1.165, 1.54) is 0 Å². The van der Waals surface area contributed by atoms with Gasteiger partial charge in [-0.2, -0.15) is 0 Å². The standard InChI is InChI=1S/C16H19NO4/c1-3-8-21-12-6-4-11(5-7-12)10-17(2)15(18)13-9-14(13)16(19)20/h3-7,13-14H,1,8-10H2,2H3,(H,19,20). The summed E-state index contributed by atoms with van der Waals surface area (Å²) >= 11 is 0. The van der Waals surface area contributed by atoms with Gasteiger partial charge in [-0.25, -0.2) is 0 Å². The molecule has 1 aromatic carbocycles. The SMILES string of the molecule is C=CCOc1ccc(CN(C)C(=O)C2CC2C(=O)O)cc1. The molecule has 0 bridgehead atoms. The van der Waals surface area contributed by atoms with E-state index >= 15 is 0 Å². The molecule has 21 heavy (non-hydrogen) atoms. The second-order valence-corrected chi connectivity index (χ2v) is 5.22. The molecule has 2 rings (SSSR count). The third-order valence-electron chi connectivity index (χ3n) is 3.51. The molecular formula is C16H19NO4. The van der Waals surface area contributed by atoms with Crippen molar-refractivity contribution >= 4 is 11.9 Å². The number of carbonyl (C=O) groups is 2. The Kier molecular flexibility index (Phi) is 4.62. The number of hydrogen-bond donors (Lipinski definition) is 1. The molecule has 1 fully saturated rings. The van der Waals surface area contributed by atoms with Gasteiger partial charge >= 0.3 is 5.97 Å². The lowest BCUT2D eigenvalue weighted by atomic mass is 10.2. The molecule has 112 valence electrons. The summed E-state index contributed by atoms with van der Waals surface area (Å²) in [6, 6.07) is 7.47. The lowest BCUT2D eigenvalue weighted by Crippen LogP contribution is -2.28. The van der Waals surface area contributed by atoms with Crippen LogP contribution in [0.3, 0.4) is 0 Å². The summed E-state index contributed by atoms with van der Waals surface area (Å²) in [7, 11) is 1.70. The van der Waals surface area contributed by atoms with Crippen LogP contribution in [0.1, 0.15) is 12.0 Å². The molecule has 0 aliphatic heterocycles. The fourth-order valence-electron chi connectivity index (χ4n) is 2.22. The van der Waals surface area contributed by atoms with Gasteiger partial charge in [0.2, 0.25) is 5.91 Å². The minimum absolute atomic E-state index is 0.102. The second-order valence-electron chi connectivity index (χ2n) is 5.22. The monoisotopic (exact) mass is 289 g/mol. The molecular weight excluding hydrogens is 270 g/mol. The molecule has 0 saturated heterocycles. The van der Waals surface area contributed by atoms with Gasteiger partial charge in [-0.05, 0) is 24.1 Å². The third kappa shape index (κ3) is 3.84. The van der Waals surface area contributed by atoms with Crippen molar-refractivity contribution in [2.45, 2.75) is 13.0 Å². The van der Waals surface area contributed by atoms with Crippen LogP contribution in [0.4, 0.5) is 0 Å². The molecule has 1 aliphatic rings. The van der Waals surface area contributed by atoms with Crippen molar-refractivity contribution in [1.29, 1.82) is 0 Å². The Morgan fingerprint density at radius 3 is 2.57 bits per heavy atom. The lowest BCUT2D eigenvalue weighted by Gasteiger charge is -2.17. The number of ether oxygens (including phenoxy) is 1.